The minimum atomic E-state index is -0.270. The molecule has 0 aliphatic rings. The maximum Gasteiger partial charge on any atom is 0.278 e. The van der Waals surface area contributed by atoms with Gasteiger partial charge in [-0.25, -0.2) is 4.39 Å². The average molecular weight is 405 g/mol. The Morgan fingerprint density at radius 3 is 2.33 bits per heavy atom. The van der Waals surface area contributed by atoms with Crippen LogP contribution in [0.25, 0.3) is 0 Å². The van der Waals surface area contributed by atoms with E-state index in [9.17, 15) is 9.18 Å². The molecule has 0 saturated heterocycles. The van der Waals surface area contributed by atoms with Crippen LogP contribution in [0.15, 0.2) is 62.8 Å². The maximum atomic E-state index is 13.0. The van der Waals surface area contributed by atoms with E-state index in [1.165, 1.54) is 28.6 Å². The minimum Gasteiger partial charge on any atom is -0.267 e. The molecule has 6 heteroatoms. The first-order valence-corrected chi connectivity index (χ1v) is 8.86. The Bertz CT molecular complexity index is 889. The Labute approximate surface area is 152 Å². The summed E-state index contributed by atoms with van der Waals surface area (Å²) >= 11 is 4.84. The largest absolute Gasteiger partial charge is 0.278 e. The molecule has 0 fully saturated rings. The molecule has 0 amide bonds. The number of aromatic nitrogens is 2. The van der Waals surface area contributed by atoms with Crippen molar-refractivity contribution >= 4 is 33.6 Å². The fourth-order valence-electron chi connectivity index (χ4n) is 2.31. The van der Waals surface area contributed by atoms with Crippen LogP contribution in [-0.2, 0) is 0 Å². The maximum absolute atomic E-state index is 13.0. The van der Waals surface area contributed by atoms with E-state index in [4.69, 9.17) is 0 Å². The lowest BCUT2D eigenvalue weighted by Crippen LogP contribution is -2.15. The molecule has 0 N–H and O–H groups in total. The first kappa shape index (κ1) is 16.9. The number of benzene rings is 2. The first-order valence-electron chi connectivity index (χ1n) is 7.25. The van der Waals surface area contributed by atoms with E-state index in [1.54, 1.807) is 24.3 Å². The quantitative estimate of drug-likeness (QED) is 0.598. The molecule has 1 heterocycles. The van der Waals surface area contributed by atoms with Crippen LogP contribution in [0.2, 0.25) is 0 Å². The molecule has 0 aliphatic heterocycles. The van der Waals surface area contributed by atoms with Crippen molar-refractivity contribution in [2.45, 2.75) is 23.6 Å². The van der Waals surface area contributed by atoms with Crippen molar-refractivity contribution in [2.75, 3.05) is 0 Å². The van der Waals surface area contributed by atoms with Crippen LogP contribution in [0.3, 0.4) is 0 Å². The van der Waals surface area contributed by atoms with Gasteiger partial charge in [0.25, 0.3) is 5.91 Å². The molecule has 0 atom stereocenters. The minimum absolute atomic E-state index is 0.172. The number of hydrogen-bond donors (Lipinski definition) is 0. The van der Waals surface area contributed by atoms with E-state index in [2.05, 4.69) is 21.0 Å². The molecule has 0 radical (unpaired) electrons. The van der Waals surface area contributed by atoms with Crippen LogP contribution in [0, 0.1) is 19.7 Å². The standard InChI is InChI=1S/C18H14BrFN2OS/c1-11-17(24-16-9-7-15(20)8-10-16)12(2)22(21-11)18(23)13-3-5-14(19)6-4-13/h3-10H,1-2H3. The Kier molecular flexibility index (Phi) is 4.87. The second kappa shape index (κ2) is 6.91. The lowest BCUT2D eigenvalue weighted by Gasteiger charge is -2.05. The van der Waals surface area contributed by atoms with E-state index in [0.29, 0.717) is 5.56 Å². The predicted octanol–water partition coefficient (Wildman–Crippen LogP) is 5.24. The summed E-state index contributed by atoms with van der Waals surface area (Å²) in [5.74, 6) is -0.442. The van der Waals surface area contributed by atoms with Crippen LogP contribution in [-0.4, -0.2) is 15.7 Å². The highest BCUT2D eigenvalue weighted by Gasteiger charge is 2.18. The van der Waals surface area contributed by atoms with Crippen molar-refractivity contribution in [3.63, 3.8) is 0 Å². The molecule has 0 bridgehead atoms. The van der Waals surface area contributed by atoms with E-state index >= 15 is 0 Å². The predicted molar refractivity (Wildman–Crippen MR) is 96.1 cm³/mol. The summed E-state index contributed by atoms with van der Waals surface area (Å²) in [7, 11) is 0. The molecule has 0 aliphatic carbocycles. The van der Waals surface area contributed by atoms with Crippen molar-refractivity contribution in [3.05, 3.63) is 75.8 Å². The van der Waals surface area contributed by atoms with Crippen molar-refractivity contribution < 1.29 is 9.18 Å². The van der Waals surface area contributed by atoms with E-state index in [1.807, 2.05) is 26.0 Å². The average Bonchev–Trinajstić information content (AvgIpc) is 2.85. The molecule has 122 valence electrons. The van der Waals surface area contributed by atoms with Gasteiger partial charge < -0.3 is 0 Å². The number of carbonyl (C=O) groups is 1. The molecule has 0 saturated carbocycles. The fourth-order valence-corrected chi connectivity index (χ4v) is 3.50. The normalized spacial score (nSPS) is 10.8. The summed E-state index contributed by atoms with van der Waals surface area (Å²) in [4.78, 5) is 14.5. The van der Waals surface area contributed by atoms with Gasteiger partial charge in [0.05, 0.1) is 16.3 Å². The van der Waals surface area contributed by atoms with Crippen molar-refractivity contribution in [3.8, 4) is 0 Å². The summed E-state index contributed by atoms with van der Waals surface area (Å²) in [6.07, 6.45) is 0. The molecular weight excluding hydrogens is 391 g/mol. The fraction of sp³-hybridized carbons (Fsp3) is 0.111. The lowest BCUT2D eigenvalue weighted by atomic mass is 10.2. The number of hydrogen-bond acceptors (Lipinski definition) is 3. The second-order valence-corrected chi connectivity index (χ2v) is 7.28. The summed E-state index contributed by atoms with van der Waals surface area (Å²) < 4.78 is 15.4. The molecule has 2 aromatic carbocycles. The molecule has 3 aromatic rings. The SMILES string of the molecule is Cc1nn(C(=O)c2ccc(Br)cc2)c(C)c1Sc1ccc(F)cc1. The third-order valence-corrected chi connectivity index (χ3v) is 5.37. The summed E-state index contributed by atoms with van der Waals surface area (Å²) in [5, 5.41) is 4.38. The van der Waals surface area contributed by atoms with Crippen molar-refractivity contribution in [1.29, 1.82) is 0 Å². The Morgan fingerprint density at radius 2 is 1.71 bits per heavy atom. The van der Waals surface area contributed by atoms with Gasteiger partial charge >= 0.3 is 0 Å². The highest BCUT2D eigenvalue weighted by molar-refractivity contribution is 9.10. The van der Waals surface area contributed by atoms with Crippen molar-refractivity contribution in [2.24, 2.45) is 0 Å². The van der Waals surface area contributed by atoms with Crippen LogP contribution >= 0.6 is 27.7 Å². The van der Waals surface area contributed by atoms with E-state index in [0.717, 1.165) is 25.7 Å². The summed E-state index contributed by atoms with van der Waals surface area (Å²) in [5.41, 5.74) is 2.11. The Hall–Kier alpha value is -1.92. The zero-order valence-corrected chi connectivity index (χ0v) is 15.5. The van der Waals surface area contributed by atoms with Gasteiger partial charge in [-0.15, -0.1) is 0 Å². The molecule has 24 heavy (non-hydrogen) atoms. The van der Waals surface area contributed by atoms with Gasteiger partial charge in [-0.2, -0.15) is 9.78 Å². The van der Waals surface area contributed by atoms with Gasteiger partial charge in [0, 0.05) is 14.9 Å². The third kappa shape index (κ3) is 3.44. The molecule has 0 spiro atoms. The number of nitrogens with zero attached hydrogens (tertiary/aromatic N) is 2. The van der Waals surface area contributed by atoms with Gasteiger partial charge in [-0.1, -0.05) is 27.7 Å². The van der Waals surface area contributed by atoms with E-state index < -0.39 is 0 Å². The van der Waals surface area contributed by atoms with Gasteiger partial charge in [0.1, 0.15) is 5.82 Å². The molecule has 1 aromatic heterocycles. The molecule has 3 nitrogen and oxygen atoms in total. The number of rotatable bonds is 3. The molecular formula is C18H14BrFN2OS. The number of halogens is 2. The molecule has 0 unspecified atom stereocenters. The smallest absolute Gasteiger partial charge is 0.267 e. The zero-order chi connectivity index (χ0) is 17.3. The highest BCUT2D eigenvalue weighted by Crippen LogP contribution is 2.33. The Morgan fingerprint density at radius 1 is 1.08 bits per heavy atom. The van der Waals surface area contributed by atoms with Gasteiger partial charge in [0.2, 0.25) is 0 Å². The zero-order valence-electron chi connectivity index (χ0n) is 13.1. The summed E-state index contributed by atoms with van der Waals surface area (Å²) in [6.45, 7) is 3.73. The van der Waals surface area contributed by atoms with Gasteiger partial charge in [0.15, 0.2) is 0 Å². The van der Waals surface area contributed by atoms with Crippen molar-refractivity contribution in [1.82, 2.24) is 9.78 Å². The van der Waals surface area contributed by atoms with Crippen LogP contribution < -0.4 is 0 Å². The van der Waals surface area contributed by atoms with Gasteiger partial charge in [-0.3, -0.25) is 4.79 Å². The lowest BCUT2D eigenvalue weighted by molar-refractivity contribution is 0.0942. The highest BCUT2D eigenvalue weighted by atomic mass is 79.9. The first-order chi connectivity index (χ1) is 11.5. The number of carbonyl (C=O) groups excluding carboxylic acids is 1. The summed E-state index contributed by atoms with van der Waals surface area (Å²) in [6, 6.07) is 13.4. The van der Waals surface area contributed by atoms with Gasteiger partial charge in [-0.05, 0) is 62.4 Å². The van der Waals surface area contributed by atoms with E-state index in [-0.39, 0.29) is 11.7 Å². The van der Waals surface area contributed by atoms with Crippen LogP contribution in [0.5, 0.6) is 0 Å². The third-order valence-electron chi connectivity index (χ3n) is 3.54. The Balaban J connectivity index is 1.92. The monoisotopic (exact) mass is 404 g/mol. The molecule has 3 rings (SSSR count). The number of aryl methyl sites for hydroxylation is 1. The van der Waals surface area contributed by atoms with Crippen LogP contribution in [0.1, 0.15) is 21.7 Å². The van der Waals surface area contributed by atoms with Crippen LogP contribution in [0.4, 0.5) is 4.39 Å². The second-order valence-electron chi connectivity index (χ2n) is 5.28. The topological polar surface area (TPSA) is 34.9 Å².